The summed E-state index contributed by atoms with van der Waals surface area (Å²) in [7, 11) is 0. The summed E-state index contributed by atoms with van der Waals surface area (Å²) in [5.74, 6) is 1.20. The lowest BCUT2D eigenvalue weighted by molar-refractivity contribution is 0.0441. The Hall–Kier alpha value is -3.61. The third kappa shape index (κ3) is 4.10. The van der Waals surface area contributed by atoms with Crippen LogP contribution in [0.15, 0.2) is 83.7 Å². The number of piperidine rings is 1. The van der Waals surface area contributed by atoms with E-state index in [-0.39, 0.29) is 12.1 Å². The highest BCUT2D eigenvalue weighted by atomic mass is 16.5. The molecule has 2 atom stereocenters. The van der Waals surface area contributed by atoms with Crippen molar-refractivity contribution in [2.24, 2.45) is 5.92 Å². The molecule has 0 spiro atoms. The van der Waals surface area contributed by atoms with Crippen LogP contribution in [0.3, 0.4) is 0 Å². The Morgan fingerprint density at radius 2 is 1.78 bits per heavy atom. The van der Waals surface area contributed by atoms with E-state index >= 15 is 0 Å². The molecular formula is C31H31N3O3. The van der Waals surface area contributed by atoms with Crippen molar-refractivity contribution in [1.29, 1.82) is 0 Å². The second-order valence-corrected chi connectivity index (χ2v) is 10.4. The summed E-state index contributed by atoms with van der Waals surface area (Å²) < 4.78 is 14.3. The molecule has 6 heteroatoms. The fourth-order valence-electron chi connectivity index (χ4n) is 6.24. The third-order valence-corrected chi connectivity index (χ3v) is 8.26. The third-order valence-electron chi connectivity index (χ3n) is 8.26. The number of aromatic nitrogens is 2. The number of likely N-dealkylation sites (tertiary alicyclic amines) is 1. The van der Waals surface area contributed by atoms with Gasteiger partial charge in [-0.1, -0.05) is 42.5 Å². The number of hydrogen-bond donors (Lipinski definition) is 1. The van der Waals surface area contributed by atoms with Crippen LogP contribution < -0.4 is 4.74 Å². The van der Waals surface area contributed by atoms with E-state index < -0.39 is 0 Å². The Bertz CT molecular complexity index is 1550. The van der Waals surface area contributed by atoms with Gasteiger partial charge in [0.25, 0.3) is 0 Å². The number of nitrogens with zero attached hydrogens (tertiary/aromatic N) is 3. The van der Waals surface area contributed by atoms with Crippen molar-refractivity contribution in [3.8, 4) is 17.0 Å². The van der Waals surface area contributed by atoms with Crippen molar-refractivity contribution in [2.45, 2.75) is 31.4 Å². The van der Waals surface area contributed by atoms with Crippen molar-refractivity contribution >= 4 is 21.9 Å². The molecule has 2 aliphatic heterocycles. The average molecular weight is 494 g/mol. The number of aliphatic hydroxyl groups is 1. The molecule has 6 nitrogen and oxygen atoms in total. The first-order valence-electron chi connectivity index (χ1n) is 13.3. The number of aliphatic hydroxyl groups excluding tert-OH is 1. The van der Waals surface area contributed by atoms with Gasteiger partial charge < -0.3 is 18.8 Å². The molecule has 0 bridgehead atoms. The van der Waals surface area contributed by atoms with Gasteiger partial charge in [-0.05, 0) is 68.1 Å². The van der Waals surface area contributed by atoms with Crippen LogP contribution in [0.4, 0.5) is 0 Å². The topological polar surface area (TPSA) is 63.7 Å². The molecule has 2 unspecified atom stereocenters. The van der Waals surface area contributed by atoms with Gasteiger partial charge in [0, 0.05) is 22.9 Å². The van der Waals surface area contributed by atoms with E-state index in [1.807, 2.05) is 42.9 Å². The zero-order chi connectivity index (χ0) is 24.8. The van der Waals surface area contributed by atoms with E-state index in [0.29, 0.717) is 12.5 Å². The maximum Gasteiger partial charge on any atom is 0.135 e. The molecule has 2 aromatic heterocycles. The van der Waals surface area contributed by atoms with E-state index in [2.05, 4.69) is 50.8 Å². The van der Waals surface area contributed by atoms with E-state index in [0.717, 1.165) is 72.3 Å². The highest BCUT2D eigenvalue weighted by molar-refractivity contribution is 6.05. The summed E-state index contributed by atoms with van der Waals surface area (Å²) in [6, 6.07) is 22.9. The Morgan fingerprint density at radius 3 is 2.70 bits per heavy atom. The van der Waals surface area contributed by atoms with Gasteiger partial charge in [0.2, 0.25) is 0 Å². The molecule has 7 rings (SSSR count). The fraction of sp³-hybridized carbons (Fsp3) is 0.323. The van der Waals surface area contributed by atoms with Crippen molar-refractivity contribution in [1.82, 2.24) is 14.5 Å². The molecule has 0 saturated carbocycles. The standard InChI is InChI=1S/C31H31N3O3/c35-29(18-27-23-5-1-2-6-24(23)28-19-32-20-34(27)28)21-11-13-33(14-12-21)15-16-36-22-9-10-31-26(17-22)25-7-3-4-8-30(25)37-31/h1-10,17,19-21,27,29,35H,11-16,18H2. The second-order valence-electron chi connectivity index (χ2n) is 10.4. The first kappa shape index (κ1) is 22.6. The number of furan rings is 1. The van der Waals surface area contributed by atoms with Crippen LogP contribution in [0, 0.1) is 5.92 Å². The smallest absolute Gasteiger partial charge is 0.135 e. The first-order chi connectivity index (χ1) is 18.2. The monoisotopic (exact) mass is 493 g/mol. The molecule has 3 aromatic carbocycles. The van der Waals surface area contributed by atoms with E-state index in [4.69, 9.17) is 9.15 Å². The number of benzene rings is 3. The van der Waals surface area contributed by atoms with Crippen molar-refractivity contribution in [3.63, 3.8) is 0 Å². The lowest BCUT2D eigenvalue weighted by atomic mass is 9.86. The number of rotatable bonds is 7. The normalized spacial score (nSPS) is 18.8. The van der Waals surface area contributed by atoms with Gasteiger partial charge in [-0.3, -0.25) is 4.90 Å². The summed E-state index contributed by atoms with van der Waals surface area (Å²) in [4.78, 5) is 6.81. The van der Waals surface area contributed by atoms with Crippen LogP contribution in [-0.4, -0.2) is 51.9 Å². The van der Waals surface area contributed by atoms with E-state index in [1.165, 1.54) is 11.1 Å². The second kappa shape index (κ2) is 9.36. The van der Waals surface area contributed by atoms with Gasteiger partial charge in [0.05, 0.1) is 30.4 Å². The maximum atomic E-state index is 11.2. The van der Waals surface area contributed by atoms with Crippen LogP contribution in [0.2, 0.25) is 0 Å². The molecule has 0 amide bonds. The van der Waals surface area contributed by atoms with Gasteiger partial charge >= 0.3 is 0 Å². The first-order valence-corrected chi connectivity index (χ1v) is 13.3. The Kier molecular flexibility index (Phi) is 5.71. The van der Waals surface area contributed by atoms with E-state index in [9.17, 15) is 5.11 Å². The molecule has 37 heavy (non-hydrogen) atoms. The fourth-order valence-corrected chi connectivity index (χ4v) is 6.24. The van der Waals surface area contributed by atoms with Gasteiger partial charge in [-0.2, -0.15) is 0 Å². The lowest BCUT2D eigenvalue weighted by Crippen LogP contribution is -2.40. The van der Waals surface area contributed by atoms with E-state index in [1.54, 1.807) is 0 Å². The largest absolute Gasteiger partial charge is 0.492 e. The number of fused-ring (bicyclic) bond motifs is 6. The van der Waals surface area contributed by atoms with Crippen molar-refractivity contribution < 1.29 is 14.3 Å². The molecule has 188 valence electrons. The molecule has 1 fully saturated rings. The molecule has 0 aliphatic carbocycles. The van der Waals surface area contributed by atoms with Gasteiger partial charge in [0.15, 0.2) is 0 Å². The SMILES string of the molecule is OC(CC1c2ccccc2-c2cncn21)C1CCN(CCOc2ccc3oc4ccccc4c3c2)CC1. The Labute approximate surface area is 216 Å². The van der Waals surface area contributed by atoms with Crippen LogP contribution in [0.1, 0.15) is 30.9 Å². The van der Waals surface area contributed by atoms with Crippen LogP contribution in [0.5, 0.6) is 5.75 Å². The van der Waals surface area contributed by atoms with Crippen LogP contribution in [0.25, 0.3) is 33.2 Å². The van der Waals surface area contributed by atoms with Crippen molar-refractivity contribution in [3.05, 3.63) is 84.8 Å². The number of hydrogen-bond acceptors (Lipinski definition) is 5. The number of para-hydroxylation sites is 1. The predicted molar refractivity (Wildman–Crippen MR) is 145 cm³/mol. The molecule has 0 radical (unpaired) electrons. The zero-order valence-corrected chi connectivity index (χ0v) is 20.8. The summed E-state index contributed by atoms with van der Waals surface area (Å²) in [5, 5.41) is 13.4. The number of ether oxygens (including phenoxy) is 1. The van der Waals surface area contributed by atoms with Gasteiger partial charge in [-0.15, -0.1) is 0 Å². The molecule has 1 N–H and O–H groups in total. The van der Waals surface area contributed by atoms with Crippen LogP contribution in [-0.2, 0) is 0 Å². The maximum absolute atomic E-state index is 11.2. The van der Waals surface area contributed by atoms with Crippen LogP contribution >= 0.6 is 0 Å². The van der Waals surface area contributed by atoms with Gasteiger partial charge in [0.1, 0.15) is 23.5 Å². The molecule has 1 saturated heterocycles. The zero-order valence-electron chi connectivity index (χ0n) is 20.8. The lowest BCUT2D eigenvalue weighted by Gasteiger charge is -2.35. The number of imidazole rings is 1. The summed E-state index contributed by atoms with van der Waals surface area (Å²) in [6.07, 6.45) is 6.28. The summed E-state index contributed by atoms with van der Waals surface area (Å²) in [6.45, 7) is 3.53. The van der Waals surface area contributed by atoms with Crippen molar-refractivity contribution in [2.75, 3.05) is 26.2 Å². The predicted octanol–water partition coefficient (Wildman–Crippen LogP) is 5.89. The highest BCUT2D eigenvalue weighted by Crippen LogP contribution is 2.42. The Balaban J connectivity index is 0.925. The average Bonchev–Trinajstić information content (AvgIpc) is 3.63. The molecular weight excluding hydrogens is 462 g/mol. The minimum absolute atomic E-state index is 0.166. The summed E-state index contributed by atoms with van der Waals surface area (Å²) in [5.41, 5.74) is 5.49. The minimum Gasteiger partial charge on any atom is -0.492 e. The molecule has 2 aliphatic rings. The van der Waals surface area contributed by atoms with Gasteiger partial charge in [-0.25, -0.2) is 4.98 Å². The quantitative estimate of drug-likeness (QED) is 0.306. The summed E-state index contributed by atoms with van der Waals surface area (Å²) >= 11 is 0. The Morgan fingerprint density at radius 1 is 0.973 bits per heavy atom. The highest BCUT2D eigenvalue weighted by Gasteiger charge is 2.33. The molecule has 4 heterocycles. The molecule has 5 aromatic rings. The minimum atomic E-state index is -0.318.